The van der Waals surface area contributed by atoms with Gasteiger partial charge in [-0.15, -0.1) is 0 Å². The van der Waals surface area contributed by atoms with Crippen LogP contribution >= 0.6 is 0 Å². The minimum absolute atomic E-state index is 0.0334. The highest BCUT2D eigenvalue weighted by molar-refractivity contribution is 5.85. The van der Waals surface area contributed by atoms with Crippen LogP contribution in [0.5, 0.6) is 0 Å². The Hall–Kier alpha value is -1.10. The van der Waals surface area contributed by atoms with Crippen LogP contribution in [0.2, 0.25) is 0 Å². The molecular formula is C8H13N3O3. The third-order valence-corrected chi connectivity index (χ3v) is 2.40. The van der Waals surface area contributed by atoms with Crippen molar-refractivity contribution < 1.29 is 14.3 Å². The van der Waals surface area contributed by atoms with E-state index in [1.807, 2.05) is 0 Å². The largest absolute Gasteiger partial charge is 0.381 e. The first-order chi connectivity index (χ1) is 6.71. The Morgan fingerprint density at radius 2 is 2.29 bits per heavy atom. The van der Waals surface area contributed by atoms with Crippen LogP contribution in [0.4, 0.5) is 0 Å². The molecule has 0 saturated carbocycles. The van der Waals surface area contributed by atoms with Crippen molar-refractivity contribution in [3.63, 3.8) is 0 Å². The molecule has 1 aliphatic heterocycles. The third-order valence-electron chi connectivity index (χ3n) is 2.40. The van der Waals surface area contributed by atoms with Crippen LogP contribution in [-0.2, 0) is 14.3 Å². The zero-order valence-corrected chi connectivity index (χ0v) is 8.10. The average molecular weight is 199 g/mol. The van der Waals surface area contributed by atoms with Crippen molar-refractivity contribution in [1.29, 1.82) is 0 Å². The van der Waals surface area contributed by atoms with Gasteiger partial charge in [-0.1, -0.05) is 5.11 Å². The van der Waals surface area contributed by atoms with E-state index in [0.29, 0.717) is 26.1 Å². The highest BCUT2D eigenvalue weighted by Gasteiger charge is 2.38. The lowest BCUT2D eigenvalue weighted by Crippen LogP contribution is -2.45. The summed E-state index contributed by atoms with van der Waals surface area (Å²) >= 11 is 0. The number of hydrogen-bond donors (Lipinski definition) is 0. The number of ketones is 1. The molecule has 6 nitrogen and oxygen atoms in total. The lowest BCUT2D eigenvalue weighted by molar-refractivity contribution is -0.155. The predicted octanol–water partition coefficient (Wildman–Crippen LogP) is 1.41. The summed E-state index contributed by atoms with van der Waals surface area (Å²) in [5, 5.41) is 3.26. The highest BCUT2D eigenvalue weighted by atomic mass is 16.5. The number of ether oxygens (including phenoxy) is 2. The van der Waals surface area contributed by atoms with Crippen LogP contribution in [-0.4, -0.2) is 31.3 Å². The van der Waals surface area contributed by atoms with Gasteiger partial charge >= 0.3 is 0 Å². The van der Waals surface area contributed by atoms with Gasteiger partial charge in [0.05, 0.1) is 0 Å². The third kappa shape index (κ3) is 2.45. The van der Waals surface area contributed by atoms with E-state index >= 15 is 0 Å². The number of rotatable bonds is 4. The molecule has 0 aromatic carbocycles. The lowest BCUT2D eigenvalue weighted by Gasteiger charge is -2.34. The van der Waals surface area contributed by atoms with E-state index in [9.17, 15) is 4.79 Å². The number of azide groups is 1. The Kier molecular flexibility index (Phi) is 3.88. The smallest absolute Gasteiger partial charge is 0.161 e. The standard InChI is InChI=1S/C8H13N3O3/c1-7(12)8(14-6-10-11-9)2-4-13-5-3-8/h2-6H2,1H3. The fourth-order valence-corrected chi connectivity index (χ4v) is 1.48. The zero-order chi connectivity index (χ0) is 10.4. The molecule has 0 aliphatic carbocycles. The Balaban J connectivity index is 2.60. The van der Waals surface area contributed by atoms with E-state index in [1.54, 1.807) is 0 Å². The predicted molar refractivity (Wildman–Crippen MR) is 48.6 cm³/mol. The molecule has 0 N–H and O–H groups in total. The quantitative estimate of drug-likeness (QED) is 0.389. The Morgan fingerprint density at radius 3 is 2.79 bits per heavy atom. The first kappa shape index (κ1) is 11.0. The van der Waals surface area contributed by atoms with Gasteiger partial charge in [0.1, 0.15) is 12.3 Å². The van der Waals surface area contributed by atoms with Gasteiger partial charge in [0.15, 0.2) is 5.78 Å². The number of carbonyl (C=O) groups is 1. The first-order valence-corrected chi connectivity index (χ1v) is 4.45. The van der Waals surface area contributed by atoms with Gasteiger partial charge in [-0.25, -0.2) is 0 Å². The van der Waals surface area contributed by atoms with E-state index in [0.717, 1.165) is 0 Å². The minimum Gasteiger partial charge on any atom is -0.381 e. The molecular weight excluding hydrogens is 186 g/mol. The molecule has 0 unspecified atom stereocenters. The molecule has 1 saturated heterocycles. The van der Waals surface area contributed by atoms with Gasteiger partial charge in [-0.2, -0.15) is 0 Å². The van der Waals surface area contributed by atoms with Crippen LogP contribution in [0, 0.1) is 0 Å². The maximum absolute atomic E-state index is 11.4. The van der Waals surface area contributed by atoms with Crippen molar-refractivity contribution in [3.8, 4) is 0 Å². The number of hydrogen-bond acceptors (Lipinski definition) is 4. The highest BCUT2D eigenvalue weighted by Crippen LogP contribution is 2.26. The Bertz CT molecular complexity index is 255. The second-order valence-corrected chi connectivity index (χ2v) is 3.17. The van der Waals surface area contributed by atoms with E-state index in [2.05, 4.69) is 10.0 Å². The second-order valence-electron chi connectivity index (χ2n) is 3.17. The summed E-state index contributed by atoms with van der Waals surface area (Å²) in [5.41, 5.74) is 7.29. The molecule has 1 rings (SSSR count). The summed E-state index contributed by atoms with van der Waals surface area (Å²) in [6.45, 7) is 2.41. The summed E-state index contributed by atoms with van der Waals surface area (Å²) in [6, 6.07) is 0. The normalized spacial score (nSPS) is 19.8. The number of carbonyl (C=O) groups excluding carboxylic acids is 1. The molecule has 0 atom stereocenters. The van der Waals surface area contributed by atoms with Crippen molar-refractivity contribution in [2.24, 2.45) is 5.11 Å². The summed E-state index contributed by atoms with van der Waals surface area (Å²) in [7, 11) is 0. The van der Waals surface area contributed by atoms with Crippen LogP contribution in [0.3, 0.4) is 0 Å². The maximum Gasteiger partial charge on any atom is 0.161 e. The molecule has 1 heterocycles. The molecule has 1 aliphatic rings. The van der Waals surface area contributed by atoms with Gasteiger partial charge in [-0.3, -0.25) is 4.79 Å². The summed E-state index contributed by atoms with van der Waals surface area (Å²) in [6.07, 6.45) is 1.06. The molecule has 0 aromatic heterocycles. The van der Waals surface area contributed by atoms with E-state index in [-0.39, 0.29) is 12.5 Å². The minimum atomic E-state index is -0.799. The molecule has 78 valence electrons. The molecule has 6 heteroatoms. The van der Waals surface area contributed by atoms with E-state index < -0.39 is 5.60 Å². The van der Waals surface area contributed by atoms with Gasteiger partial charge in [0.2, 0.25) is 0 Å². The van der Waals surface area contributed by atoms with E-state index in [1.165, 1.54) is 6.92 Å². The number of Topliss-reactive ketones (excluding diaryl/α,β-unsaturated/α-hetero) is 1. The maximum atomic E-state index is 11.4. The zero-order valence-electron chi connectivity index (χ0n) is 8.10. The molecule has 0 radical (unpaired) electrons. The number of nitrogens with zero attached hydrogens (tertiary/aromatic N) is 3. The Labute approximate surface area is 81.8 Å². The molecule has 1 fully saturated rings. The molecule has 0 spiro atoms. The monoisotopic (exact) mass is 199 g/mol. The van der Waals surface area contributed by atoms with Gasteiger partial charge < -0.3 is 9.47 Å². The topological polar surface area (TPSA) is 84.3 Å². The van der Waals surface area contributed by atoms with E-state index in [4.69, 9.17) is 15.0 Å². The van der Waals surface area contributed by atoms with Crippen molar-refractivity contribution in [2.45, 2.75) is 25.4 Å². The van der Waals surface area contributed by atoms with Crippen LogP contribution in [0.25, 0.3) is 10.4 Å². The SMILES string of the molecule is CC(=O)C1(OCN=[N+]=[N-])CCOCC1. The molecule has 0 amide bonds. The molecule has 0 bridgehead atoms. The van der Waals surface area contributed by atoms with Crippen molar-refractivity contribution in [3.05, 3.63) is 10.4 Å². The van der Waals surface area contributed by atoms with Gasteiger partial charge in [0, 0.05) is 31.0 Å². The van der Waals surface area contributed by atoms with Crippen molar-refractivity contribution in [2.75, 3.05) is 19.9 Å². The van der Waals surface area contributed by atoms with Gasteiger partial charge in [-0.05, 0) is 12.5 Å². The fourth-order valence-electron chi connectivity index (χ4n) is 1.48. The van der Waals surface area contributed by atoms with Crippen molar-refractivity contribution >= 4 is 5.78 Å². The summed E-state index contributed by atoms with van der Waals surface area (Å²) in [5.74, 6) is -0.0334. The van der Waals surface area contributed by atoms with Gasteiger partial charge in [0.25, 0.3) is 0 Å². The molecule has 14 heavy (non-hydrogen) atoms. The summed E-state index contributed by atoms with van der Waals surface area (Å²) < 4.78 is 10.5. The van der Waals surface area contributed by atoms with Crippen LogP contribution in [0.15, 0.2) is 5.11 Å². The van der Waals surface area contributed by atoms with Crippen molar-refractivity contribution in [1.82, 2.24) is 0 Å². The lowest BCUT2D eigenvalue weighted by atomic mass is 9.90. The summed E-state index contributed by atoms with van der Waals surface area (Å²) in [4.78, 5) is 14.0. The molecule has 0 aromatic rings. The second kappa shape index (κ2) is 4.95. The Morgan fingerprint density at radius 1 is 1.64 bits per heavy atom. The first-order valence-electron chi connectivity index (χ1n) is 4.45. The van der Waals surface area contributed by atoms with Crippen LogP contribution in [0.1, 0.15) is 19.8 Å². The fraction of sp³-hybridized carbons (Fsp3) is 0.875. The van der Waals surface area contributed by atoms with Crippen LogP contribution < -0.4 is 0 Å². The average Bonchev–Trinajstić information content (AvgIpc) is 2.19.